The van der Waals surface area contributed by atoms with Crippen molar-refractivity contribution in [2.24, 2.45) is 5.90 Å². The fourth-order valence-electron chi connectivity index (χ4n) is 0.449. The zero-order valence-electron chi connectivity index (χ0n) is 8.30. The Morgan fingerprint density at radius 3 is 1.83 bits per heavy atom. The highest BCUT2D eigenvalue weighted by Crippen LogP contribution is 2.15. The van der Waals surface area contributed by atoms with E-state index in [0.29, 0.717) is 0 Å². The second-order valence-electron chi connectivity index (χ2n) is 4.13. The molecule has 0 aliphatic carbocycles. The maximum absolute atomic E-state index is 11.3. The number of hydrogen-bond donors (Lipinski definition) is 1. The van der Waals surface area contributed by atoms with E-state index < -0.39 is 17.2 Å². The van der Waals surface area contributed by atoms with Gasteiger partial charge < -0.3 is 4.74 Å². The van der Waals surface area contributed by atoms with Crippen LogP contribution in [0.3, 0.4) is 0 Å². The van der Waals surface area contributed by atoms with E-state index in [1.165, 1.54) is 0 Å². The third-order valence-electron chi connectivity index (χ3n) is 1.19. The van der Waals surface area contributed by atoms with Gasteiger partial charge in [0.15, 0.2) is 5.60 Å². The van der Waals surface area contributed by atoms with Gasteiger partial charge in [0, 0.05) is 0 Å². The van der Waals surface area contributed by atoms with E-state index in [1.807, 2.05) is 0 Å². The van der Waals surface area contributed by atoms with Crippen LogP contribution in [0.4, 0.5) is 0 Å². The highest BCUT2D eigenvalue weighted by atomic mass is 16.7. The van der Waals surface area contributed by atoms with E-state index >= 15 is 0 Å². The molecule has 0 bridgehead atoms. The summed E-state index contributed by atoms with van der Waals surface area (Å²) in [6.45, 7) is 8.48. The molecule has 0 unspecified atom stereocenters. The van der Waals surface area contributed by atoms with Crippen LogP contribution in [0.2, 0.25) is 0 Å². The molecule has 0 fully saturated rings. The Morgan fingerprint density at radius 2 is 1.58 bits per heavy atom. The lowest BCUT2D eigenvalue weighted by molar-refractivity contribution is -0.180. The first-order valence-electron chi connectivity index (χ1n) is 3.80. The van der Waals surface area contributed by atoms with Crippen molar-refractivity contribution in [3.05, 3.63) is 0 Å². The van der Waals surface area contributed by atoms with Crippen LogP contribution in [0.15, 0.2) is 0 Å². The summed E-state index contributed by atoms with van der Waals surface area (Å²) in [7, 11) is 0. The average Bonchev–Trinajstić information content (AvgIpc) is 1.84. The standard InChI is InChI=1S/C8H17NO3/c1-7(2,3)11-6(10)8(4,5)12-9/h9H2,1-5H3. The summed E-state index contributed by atoms with van der Waals surface area (Å²) in [5, 5.41) is 0. The van der Waals surface area contributed by atoms with Crippen LogP contribution in [0.25, 0.3) is 0 Å². The van der Waals surface area contributed by atoms with Crippen LogP contribution in [0.1, 0.15) is 34.6 Å². The van der Waals surface area contributed by atoms with Gasteiger partial charge >= 0.3 is 5.97 Å². The van der Waals surface area contributed by atoms with E-state index in [0.717, 1.165) is 0 Å². The first kappa shape index (κ1) is 11.4. The van der Waals surface area contributed by atoms with Gasteiger partial charge in [0.25, 0.3) is 0 Å². The summed E-state index contributed by atoms with van der Waals surface area (Å²) in [6.07, 6.45) is 0. The number of esters is 1. The van der Waals surface area contributed by atoms with Gasteiger partial charge in [-0.15, -0.1) is 0 Å². The molecular formula is C8H17NO3. The maximum Gasteiger partial charge on any atom is 0.340 e. The zero-order chi connectivity index (χ0) is 9.99. The summed E-state index contributed by atoms with van der Waals surface area (Å²) in [5.74, 6) is 4.46. The Labute approximate surface area is 73.0 Å². The van der Waals surface area contributed by atoms with Crippen molar-refractivity contribution in [1.29, 1.82) is 0 Å². The number of rotatable bonds is 2. The second-order valence-corrected chi connectivity index (χ2v) is 4.13. The molecule has 4 heteroatoms. The summed E-state index contributed by atoms with van der Waals surface area (Å²) in [4.78, 5) is 15.8. The third kappa shape index (κ3) is 3.69. The maximum atomic E-state index is 11.3. The van der Waals surface area contributed by atoms with Crippen LogP contribution >= 0.6 is 0 Å². The molecule has 0 radical (unpaired) electrons. The monoisotopic (exact) mass is 175 g/mol. The van der Waals surface area contributed by atoms with Gasteiger partial charge in [-0.3, -0.25) is 4.84 Å². The van der Waals surface area contributed by atoms with Crippen LogP contribution in [0.5, 0.6) is 0 Å². The lowest BCUT2D eigenvalue weighted by Crippen LogP contribution is -2.42. The van der Waals surface area contributed by atoms with E-state index in [1.54, 1.807) is 34.6 Å². The second kappa shape index (κ2) is 3.41. The summed E-state index contributed by atoms with van der Waals surface area (Å²) >= 11 is 0. The molecule has 4 nitrogen and oxygen atoms in total. The Kier molecular flexibility index (Phi) is 3.24. The van der Waals surface area contributed by atoms with Crippen molar-refractivity contribution in [2.75, 3.05) is 0 Å². The fraction of sp³-hybridized carbons (Fsp3) is 0.875. The van der Waals surface area contributed by atoms with Crippen molar-refractivity contribution in [3.63, 3.8) is 0 Å². The van der Waals surface area contributed by atoms with E-state index in [9.17, 15) is 4.79 Å². The molecule has 0 saturated carbocycles. The molecular weight excluding hydrogens is 158 g/mol. The molecule has 0 atom stereocenters. The molecule has 0 rings (SSSR count). The molecule has 2 N–H and O–H groups in total. The molecule has 0 aromatic carbocycles. The minimum atomic E-state index is -1.08. The van der Waals surface area contributed by atoms with Gasteiger partial charge in [-0.2, -0.15) is 0 Å². The van der Waals surface area contributed by atoms with Crippen molar-refractivity contribution in [1.82, 2.24) is 0 Å². The molecule has 0 aromatic heterocycles. The highest BCUT2D eigenvalue weighted by molar-refractivity contribution is 5.78. The smallest absolute Gasteiger partial charge is 0.340 e. The molecule has 0 aromatic rings. The number of carbonyl (C=O) groups excluding carboxylic acids is 1. The molecule has 0 aliphatic heterocycles. The first-order valence-corrected chi connectivity index (χ1v) is 3.80. The number of carbonyl (C=O) groups is 1. The highest BCUT2D eigenvalue weighted by Gasteiger charge is 2.33. The largest absolute Gasteiger partial charge is 0.458 e. The summed E-state index contributed by atoms with van der Waals surface area (Å²) in [5.41, 5.74) is -1.58. The van der Waals surface area contributed by atoms with E-state index in [-0.39, 0.29) is 0 Å². The summed E-state index contributed by atoms with van der Waals surface area (Å²) < 4.78 is 5.05. The SMILES string of the molecule is CC(C)(C)OC(=O)C(C)(C)ON. The van der Waals surface area contributed by atoms with E-state index in [2.05, 4.69) is 4.84 Å². The fourth-order valence-corrected chi connectivity index (χ4v) is 0.449. The number of hydrogen-bond acceptors (Lipinski definition) is 4. The van der Waals surface area contributed by atoms with Crippen molar-refractivity contribution in [2.45, 2.75) is 45.8 Å². The Morgan fingerprint density at radius 1 is 1.17 bits per heavy atom. The Hall–Kier alpha value is -0.610. The van der Waals surface area contributed by atoms with Crippen LogP contribution in [0, 0.1) is 0 Å². The lowest BCUT2D eigenvalue weighted by atomic mass is 10.1. The Balaban J connectivity index is 4.23. The van der Waals surface area contributed by atoms with Gasteiger partial charge in [0.2, 0.25) is 0 Å². The zero-order valence-corrected chi connectivity index (χ0v) is 8.30. The molecule has 0 heterocycles. The van der Waals surface area contributed by atoms with Gasteiger partial charge in [-0.05, 0) is 34.6 Å². The topological polar surface area (TPSA) is 61.5 Å². The molecule has 72 valence electrons. The number of ether oxygens (including phenoxy) is 1. The predicted octanol–water partition coefficient (Wildman–Crippen LogP) is 0.997. The minimum Gasteiger partial charge on any atom is -0.458 e. The third-order valence-corrected chi connectivity index (χ3v) is 1.19. The van der Waals surface area contributed by atoms with Crippen molar-refractivity contribution < 1.29 is 14.4 Å². The molecule has 0 spiro atoms. The van der Waals surface area contributed by atoms with Crippen LogP contribution in [-0.2, 0) is 14.4 Å². The predicted molar refractivity (Wildman–Crippen MR) is 45.2 cm³/mol. The minimum absolute atomic E-state index is 0.461. The molecule has 0 amide bonds. The molecule has 12 heavy (non-hydrogen) atoms. The van der Waals surface area contributed by atoms with Crippen molar-refractivity contribution in [3.8, 4) is 0 Å². The Bertz CT molecular complexity index is 170. The lowest BCUT2D eigenvalue weighted by Gasteiger charge is -2.26. The van der Waals surface area contributed by atoms with Crippen LogP contribution in [-0.4, -0.2) is 17.2 Å². The van der Waals surface area contributed by atoms with Crippen LogP contribution < -0.4 is 5.90 Å². The number of nitrogens with two attached hydrogens (primary N) is 1. The van der Waals surface area contributed by atoms with Gasteiger partial charge in [0.1, 0.15) is 5.60 Å². The summed E-state index contributed by atoms with van der Waals surface area (Å²) in [6, 6.07) is 0. The normalized spacial score (nSPS) is 12.8. The molecule has 0 aliphatic rings. The average molecular weight is 175 g/mol. The molecule has 0 saturated heterocycles. The van der Waals surface area contributed by atoms with Gasteiger partial charge in [-0.25, -0.2) is 10.7 Å². The van der Waals surface area contributed by atoms with Gasteiger partial charge in [-0.1, -0.05) is 0 Å². The van der Waals surface area contributed by atoms with Gasteiger partial charge in [0.05, 0.1) is 0 Å². The quantitative estimate of drug-likeness (QED) is 0.502. The van der Waals surface area contributed by atoms with E-state index in [4.69, 9.17) is 10.6 Å². The first-order chi connectivity index (χ1) is 5.19. The van der Waals surface area contributed by atoms with Crippen molar-refractivity contribution >= 4 is 5.97 Å².